The lowest BCUT2D eigenvalue weighted by molar-refractivity contribution is 0.174. The molecule has 1 aliphatic heterocycles. The van der Waals surface area contributed by atoms with Crippen molar-refractivity contribution in [3.8, 4) is 23.1 Å². The highest BCUT2D eigenvalue weighted by atomic mass is 16.7. The predicted octanol–water partition coefficient (Wildman–Crippen LogP) is 2.49. The summed E-state index contributed by atoms with van der Waals surface area (Å²) in [5, 5.41) is 0. The molecule has 0 saturated heterocycles. The van der Waals surface area contributed by atoms with Crippen molar-refractivity contribution in [1.29, 1.82) is 0 Å². The maximum absolute atomic E-state index is 5.70. The maximum Gasteiger partial charge on any atom is 0.231 e. The van der Waals surface area contributed by atoms with Crippen LogP contribution in [0.15, 0.2) is 30.5 Å². The van der Waals surface area contributed by atoms with Crippen LogP contribution in [0, 0.1) is 6.92 Å². The number of hydrogen-bond donors (Lipinski definition) is 1. The van der Waals surface area contributed by atoms with E-state index in [1.165, 1.54) is 0 Å². The molecule has 3 rings (SSSR count). The van der Waals surface area contributed by atoms with Gasteiger partial charge in [0.1, 0.15) is 5.75 Å². The van der Waals surface area contributed by atoms with Crippen LogP contribution in [-0.2, 0) is 0 Å². The van der Waals surface area contributed by atoms with E-state index in [4.69, 9.17) is 19.9 Å². The van der Waals surface area contributed by atoms with E-state index >= 15 is 0 Å². The molecule has 0 fully saturated rings. The van der Waals surface area contributed by atoms with E-state index in [1.54, 1.807) is 24.4 Å². The third-order valence-corrected chi connectivity index (χ3v) is 2.69. The first-order valence-electron chi connectivity index (χ1n) is 5.52. The molecule has 0 unspecified atom stereocenters. The van der Waals surface area contributed by atoms with Crippen molar-refractivity contribution in [2.24, 2.45) is 0 Å². The van der Waals surface area contributed by atoms with Gasteiger partial charge in [-0.05, 0) is 24.6 Å². The van der Waals surface area contributed by atoms with Crippen LogP contribution in [-0.4, -0.2) is 11.8 Å². The number of fused-ring (bicyclic) bond motifs is 1. The van der Waals surface area contributed by atoms with E-state index in [0.29, 0.717) is 23.1 Å². The van der Waals surface area contributed by atoms with Crippen molar-refractivity contribution in [2.45, 2.75) is 6.92 Å². The molecule has 5 nitrogen and oxygen atoms in total. The van der Waals surface area contributed by atoms with Gasteiger partial charge in [0.2, 0.25) is 12.7 Å². The van der Waals surface area contributed by atoms with Gasteiger partial charge in [0, 0.05) is 12.1 Å². The first kappa shape index (κ1) is 10.7. The molecular weight excluding hydrogens is 232 g/mol. The molecule has 92 valence electrons. The van der Waals surface area contributed by atoms with Crippen LogP contribution in [0.2, 0.25) is 0 Å². The van der Waals surface area contributed by atoms with Crippen LogP contribution in [0.1, 0.15) is 5.56 Å². The second-order valence-corrected chi connectivity index (χ2v) is 4.00. The van der Waals surface area contributed by atoms with E-state index in [9.17, 15) is 0 Å². The number of rotatable bonds is 2. The summed E-state index contributed by atoms with van der Waals surface area (Å²) in [5.41, 5.74) is 7.28. The molecule has 0 radical (unpaired) electrons. The summed E-state index contributed by atoms with van der Waals surface area (Å²) in [7, 11) is 0. The van der Waals surface area contributed by atoms with Crippen molar-refractivity contribution in [2.75, 3.05) is 12.5 Å². The minimum absolute atomic E-state index is 0.248. The lowest BCUT2D eigenvalue weighted by atomic mass is 10.2. The molecule has 2 heterocycles. The van der Waals surface area contributed by atoms with Crippen LogP contribution in [0.5, 0.6) is 23.1 Å². The summed E-state index contributed by atoms with van der Waals surface area (Å²) in [6.45, 7) is 2.15. The summed E-state index contributed by atoms with van der Waals surface area (Å²) in [6.07, 6.45) is 1.58. The Kier molecular flexibility index (Phi) is 2.44. The Bertz CT molecular complexity index is 599. The van der Waals surface area contributed by atoms with Crippen molar-refractivity contribution < 1.29 is 14.2 Å². The smallest absolute Gasteiger partial charge is 0.231 e. The minimum atomic E-state index is 0.248. The molecule has 1 aliphatic rings. The largest absolute Gasteiger partial charge is 0.454 e. The lowest BCUT2D eigenvalue weighted by Crippen LogP contribution is -1.94. The maximum atomic E-state index is 5.70. The summed E-state index contributed by atoms with van der Waals surface area (Å²) in [6, 6.07) is 7.18. The van der Waals surface area contributed by atoms with Gasteiger partial charge in [-0.2, -0.15) is 0 Å². The summed E-state index contributed by atoms with van der Waals surface area (Å²) in [5.74, 6) is 2.56. The Labute approximate surface area is 104 Å². The standard InChI is InChI=1S/C13H12N2O3/c1-8-4-13(15-6-10(8)14)18-9-2-3-11-12(5-9)17-7-16-11/h2-6H,7,14H2,1H3. The number of nitrogens with zero attached hydrogens (tertiary/aromatic N) is 1. The first-order valence-corrected chi connectivity index (χ1v) is 5.52. The van der Waals surface area contributed by atoms with Crippen LogP contribution in [0.3, 0.4) is 0 Å². The number of nitrogen functional groups attached to an aromatic ring is 1. The average molecular weight is 244 g/mol. The summed E-state index contributed by atoms with van der Waals surface area (Å²) >= 11 is 0. The molecule has 0 amide bonds. The Hall–Kier alpha value is -2.43. The summed E-state index contributed by atoms with van der Waals surface area (Å²) in [4.78, 5) is 4.11. The Balaban J connectivity index is 1.85. The molecule has 1 aromatic heterocycles. The second-order valence-electron chi connectivity index (χ2n) is 4.00. The number of aryl methyl sites for hydroxylation is 1. The van der Waals surface area contributed by atoms with Crippen LogP contribution >= 0.6 is 0 Å². The van der Waals surface area contributed by atoms with Crippen molar-refractivity contribution in [3.05, 3.63) is 36.0 Å². The molecule has 0 bridgehead atoms. The second kappa shape index (κ2) is 4.10. The molecule has 2 N–H and O–H groups in total. The monoisotopic (exact) mass is 244 g/mol. The van der Waals surface area contributed by atoms with Gasteiger partial charge >= 0.3 is 0 Å². The van der Waals surface area contributed by atoms with Gasteiger partial charge in [0.15, 0.2) is 11.5 Å². The van der Waals surface area contributed by atoms with Gasteiger partial charge in [-0.1, -0.05) is 0 Å². The number of ether oxygens (including phenoxy) is 3. The topological polar surface area (TPSA) is 66.6 Å². The molecule has 0 saturated carbocycles. The van der Waals surface area contributed by atoms with Crippen LogP contribution in [0.25, 0.3) is 0 Å². The van der Waals surface area contributed by atoms with Crippen LogP contribution < -0.4 is 19.9 Å². The SMILES string of the molecule is Cc1cc(Oc2ccc3c(c2)OCO3)ncc1N. The fourth-order valence-corrected chi connectivity index (χ4v) is 1.66. The molecule has 5 heteroatoms. The van der Waals surface area contributed by atoms with Crippen molar-refractivity contribution in [3.63, 3.8) is 0 Å². The zero-order valence-electron chi connectivity index (χ0n) is 9.84. The molecule has 18 heavy (non-hydrogen) atoms. The van der Waals surface area contributed by atoms with Gasteiger partial charge in [-0.3, -0.25) is 0 Å². The average Bonchev–Trinajstić information content (AvgIpc) is 2.81. The number of nitrogens with two attached hydrogens (primary N) is 1. The van der Waals surface area contributed by atoms with Crippen molar-refractivity contribution in [1.82, 2.24) is 4.98 Å². The van der Waals surface area contributed by atoms with Gasteiger partial charge in [0.05, 0.1) is 11.9 Å². The number of benzene rings is 1. The Morgan fingerprint density at radius 3 is 2.89 bits per heavy atom. The highest BCUT2D eigenvalue weighted by molar-refractivity contribution is 5.49. The number of aromatic nitrogens is 1. The van der Waals surface area contributed by atoms with Gasteiger partial charge in [-0.25, -0.2) is 4.98 Å². The highest BCUT2D eigenvalue weighted by Crippen LogP contribution is 2.36. The number of pyridine rings is 1. The molecule has 0 aliphatic carbocycles. The van der Waals surface area contributed by atoms with Gasteiger partial charge in [0.25, 0.3) is 0 Å². The van der Waals surface area contributed by atoms with Gasteiger partial charge < -0.3 is 19.9 Å². The molecule has 0 atom stereocenters. The van der Waals surface area contributed by atoms with E-state index in [0.717, 1.165) is 11.3 Å². The van der Waals surface area contributed by atoms with Gasteiger partial charge in [-0.15, -0.1) is 0 Å². The zero-order valence-corrected chi connectivity index (χ0v) is 9.84. The van der Waals surface area contributed by atoms with E-state index in [2.05, 4.69) is 4.98 Å². The van der Waals surface area contributed by atoms with Crippen LogP contribution in [0.4, 0.5) is 5.69 Å². The first-order chi connectivity index (χ1) is 8.72. The molecule has 0 spiro atoms. The molecule has 1 aromatic carbocycles. The highest BCUT2D eigenvalue weighted by Gasteiger charge is 2.14. The summed E-state index contributed by atoms with van der Waals surface area (Å²) < 4.78 is 16.1. The van der Waals surface area contributed by atoms with E-state index in [1.807, 2.05) is 13.0 Å². The van der Waals surface area contributed by atoms with E-state index in [-0.39, 0.29) is 6.79 Å². The quantitative estimate of drug-likeness (QED) is 0.879. The zero-order chi connectivity index (χ0) is 12.5. The Morgan fingerprint density at radius 1 is 1.22 bits per heavy atom. The number of anilines is 1. The third-order valence-electron chi connectivity index (χ3n) is 2.69. The normalized spacial score (nSPS) is 12.5. The Morgan fingerprint density at radius 2 is 2.06 bits per heavy atom. The molecule has 2 aromatic rings. The van der Waals surface area contributed by atoms with Crippen molar-refractivity contribution >= 4 is 5.69 Å². The third kappa shape index (κ3) is 1.90. The lowest BCUT2D eigenvalue weighted by Gasteiger charge is -2.07. The minimum Gasteiger partial charge on any atom is -0.454 e. The van der Waals surface area contributed by atoms with E-state index < -0.39 is 0 Å². The predicted molar refractivity (Wildman–Crippen MR) is 66.0 cm³/mol. The molecular formula is C13H12N2O3. The number of hydrogen-bond acceptors (Lipinski definition) is 5. The fourth-order valence-electron chi connectivity index (χ4n) is 1.66. The fraction of sp³-hybridized carbons (Fsp3) is 0.154.